The Kier molecular flexibility index (Phi) is 4.74. The number of carbonyl (C=O) groups is 1. The van der Waals surface area contributed by atoms with Crippen molar-refractivity contribution >= 4 is 6.09 Å². The van der Waals surface area contributed by atoms with E-state index in [9.17, 15) is 18.0 Å². The summed E-state index contributed by atoms with van der Waals surface area (Å²) in [4.78, 5) is 14.8. The van der Waals surface area contributed by atoms with Gasteiger partial charge in [-0.3, -0.25) is 4.98 Å². The molecule has 0 bridgehead atoms. The average Bonchev–Trinajstić information content (AvgIpc) is 2.27. The maximum atomic E-state index is 11.7. The molecule has 4 nitrogen and oxygen atoms in total. The highest BCUT2D eigenvalue weighted by atomic mass is 19.4. The van der Waals surface area contributed by atoms with Crippen LogP contribution in [0.5, 0.6) is 0 Å². The van der Waals surface area contributed by atoms with Crippen molar-refractivity contribution in [1.82, 2.24) is 10.3 Å². The minimum Gasteiger partial charge on any atom is -0.440 e. The summed E-state index contributed by atoms with van der Waals surface area (Å²) in [6, 6.07) is 5.28. The van der Waals surface area contributed by atoms with E-state index in [2.05, 4.69) is 15.0 Å². The third-order valence-corrected chi connectivity index (χ3v) is 1.74. The SMILES string of the molecule is O=C(NCCc1ccccn1)OCC(F)(F)F. The highest BCUT2D eigenvalue weighted by Crippen LogP contribution is 2.14. The molecule has 1 rings (SSSR count). The van der Waals surface area contributed by atoms with Gasteiger partial charge in [-0.15, -0.1) is 0 Å². The average molecular weight is 248 g/mol. The number of alkyl carbamates (subject to hydrolysis) is 1. The monoisotopic (exact) mass is 248 g/mol. The molecule has 0 atom stereocenters. The van der Waals surface area contributed by atoms with Crippen LogP contribution in [0.1, 0.15) is 5.69 Å². The second-order valence-corrected chi connectivity index (χ2v) is 3.19. The number of hydrogen-bond donors (Lipinski definition) is 1. The Balaban J connectivity index is 2.17. The number of rotatable bonds is 4. The molecule has 0 aliphatic rings. The summed E-state index contributed by atoms with van der Waals surface area (Å²) in [5.74, 6) is 0. The number of nitrogens with one attached hydrogen (secondary N) is 1. The third kappa shape index (κ3) is 6.39. The molecule has 0 radical (unpaired) electrons. The minimum absolute atomic E-state index is 0.174. The van der Waals surface area contributed by atoms with E-state index in [1.807, 2.05) is 0 Å². The van der Waals surface area contributed by atoms with Gasteiger partial charge in [0.15, 0.2) is 6.61 Å². The van der Waals surface area contributed by atoms with Crippen molar-refractivity contribution in [3.8, 4) is 0 Å². The van der Waals surface area contributed by atoms with Crippen LogP contribution < -0.4 is 5.32 Å². The summed E-state index contributed by atoms with van der Waals surface area (Å²) in [5.41, 5.74) is 0.739. The quantitative estimate of drug-likeness (QED) is 0.885. The van der Waals surface area contributed by atoms with Crippen molar-refractivity contribution in [2.75, 3.05) is 13.2 Å². The van der Waals surface area contributed by atoms with Crippen LogP contribution in [0.15, 0.2) is 24.4 Å². The Morgan fingerprint density at radius 1 is 1.41 bits per heavy atom. The molecule has 0 fully saturated rings. The van der Waals surface area contributed by atoms with Gasteiger partial charge in [0.1, 0.15) is 0 Å². The molecule has 0 aliphatic carbocycles. The van der Waals surface area contributed by atoms with E-state index < -0.39 is 18.9 Å². The number of halogens is 3. The van der Waals surface area contributed by atoms with Crippen molar-refractivity contribution in [3.63, 3.8) is 0 Å². The molecule has 1 amide bonds. The maximum absolute atomic E-state index is 11.7. The smallest absolute Gasteiger partial charge is 0.422 e. The van der Waals surface area contributed by atoms with Crippen LogP contribution in [0.2, 0.25) is 0 Å². The normalized spacial score (nSPS) is 11.0. The van der Waals surface area contributed by atoms with Crippen LogP contribution in [0.4, 0.5) is 18.0 Å². The van der Waals surface area contributed by atoms with E-state index >= 15 is 0 Å². The number of aromatic nitrogens is 1. The van der Waals surface area contributed by atoms with Crippen LogP contribution in [-0.4, -0.2) is 30.4 Å². The highest BCUT2D eigenvalue weighted by Gasteiger charge is 2.29. The van der Waals surface area contributed by atoms with Gasteiger partial charge in [-0.05, 0) is 12.1 Å². The summed E-state index contributed by atoms with van der Waals surface area (Å²) < 4.78 is 39.0. The Morgan fingerprint density at radius 2 is 2.18 bits per heavy atom. The van der Waals surface area contributed by atoms with E-state index in [0.717, 1.165) is 5.69 Å². The molecule has 0 unspecified atom stereocenters. The number of ether oxygens (including phenoxy) is 1. The van der Waals surface area contributed by atoms with Crippen molar-refractivity contribution in [2.24, 2.45) is 0 Å². The topological polar surface area (TPSA) is 51.2 Å². The Hall–Kier alpha value is -1.79. The first-order chi connectivity index (χ1) is 7.97. The molecule has 0 aliphatic heterocycles. The second kappa shape index (κ2) is 6.07. The van der Waals surface area contributed by atoms with Gasteiger partial charge >= 0.3 is 12.3 Å². The zero-order valence-electron chi connectivity index (χ0n) is 8.83. The summed E-state index contributed by atoms with van der Waals surface area (Å²) >= 11 is 0. The fraction of sp³-hybridized carbons (Fsp3) is 0.400. The molecule has 1 heterocycles. The molecular formula is C10H11F3N2O2. The molecule has 0 aromatic carbocycles. The van der Waals surface area contributed by atoms with Crippen molar-refractivity contribution < 1.29 is 22.7 Å². The lowest BCUT2D eigenvalue weighted by atomic mass is 10.3. The molecule has 94 valence electrons. The fourth-order valence-corrected chi connectivity index (χ4v) is 1.04. The van der Waals surface area contributed by atoms with E-state index in [1.165, 1.54) is 0 Å². The summed E-state index contributed by atoms with van der Waals surface area (Å²) in [6.07, 6.45) is -3.56. The zero-order chi connectivity index (χ0) is 12.7. The number of pyridine rings is 1. The molecule has 1 aromatic heterocycles. The van der Waals surface area contributed by atoms with Crippen LogP contribution in [0.25, 0.3) is 0 Å². The third-order valence-electron chi connectivity index (χ3n) is 1.74. The molecule has 1 aromatic rings. The molecular weight excluding hydrogens is 237 g/mol. The summed E-state index contributed by atoms with van der Waals surface area (Å²) in [7, 11) is 0. The number of hydrogen-bond acceptors (Lipinski definition) is 3. The predicted octanol–water partition coefficient (Wildman–Crippen LogP) is 1.91. The van der Waals surface area contributed by atoms with Gasteiger partial charge in [0.25, 0.3) is 0 Å². The van der Waals surface area contributed by atoms with E-state index in [4.69, 9.17) is 0 Å². The zero-order valence-corrected chi connectivity index (χ0v) is 8.83. The van der Waals surface area contributed by atoms with Crippen LogP contribution in [0.3, 0.4) is 0 Å². The Labute approximate surface area is 95.8 Å². The van der Waals surface area contributed by atoms with Gasteiger partial charge in [-0.25, -0.2) is 4.79 Å². The van der Waals surface area contributed by atoms with Crippen LogP contribution in [0, 0.1) is 0 Å². The summed E-state index contributed by atoms with van der Waals surface area (Å²) in [5, 5.41) is 2.20. The standard InChI is InChI=1S/C10H11F3N2O2/c11-10(12,13)7-17-9(16)15-6-4-8-3-1-2-5-14-8/h1-3,5H,4,6-7H2,(H,15,16). The lowest BCUT2D eigenvalue weighted by Gasteiger charge is -2.08. The molecule has 7 heteroatoms. The van der Waals surface area contributed by atoms with Gasteiger partial charge in [-0.2, -0.15) is 13.2 Å². The first-order valence-electron chi connectivity index (χ1n) is 4.85. The van der Waals surface area contributed by atoms with Crippen LogP contribution >= 0.6 is 0 Å². The Morgan fingerprint density at radius 3 is 2.76 bits per heavy atom. The second-order valence-electron chi connectivity index (χ2n) is 3.19. The predicted molar refractivity (Wildman–Crippen MR) is 53.3 cm³/mol. The largest absolute Gasteiger partial charge is 0.440 e. The van der Waals surface area contributed by atoms with E-state index in [-0.39, 0.29) is 6.54 Å². The molecule has 0 saturated carbocycles. The van der Waals surface area contributed by atoms with Crippen molar-refractivity contribution in [3.05, 3.63) is 30.1 Å². The Bertz CT molecular complexity index is 354. The van der Waals surface area contributed by atoms with Gasteiger partial charge in [0.05, 0.1) is 0 Å². The number of alkyl halides is 3. The van der Waals surface area contributed by atoms with Crippen molar-refractivity contribution in [1.29, 1.82) is 0 Å². The number of amides is 1. The van der Waals surface area contributed by atoms with E-state index in [1.54, 1.807) is 24.4 Å². The number of carbonyl (C=O) groups excluding carboxylic acids is 1. The van der Waals surface area contributed by atoms with Gasteiger partial charge < -0.3 is 10.1 Å². The minimum atomic E-state index is -4.50. The summed E-state index contributed by atoms with van der Waals surface area (Å²) in [6.45, 7) is -1.41. The first-order valence-corrected chi connectivity index (χ1v) is 4.85. The molecule has 1 N–H and O–H groups in total. The lowest BCUT2D eigenvalue weighted by molar-refractivity contribution is -0.160. The van der Waals surface area contributed by atoms with Crippen LogP contribution in [-0.2, 0) is 11.2 Å². The number of nitrogens with zero attached hydrogens (tertiary/aromatic N) is 1. The first kappa shape index (κ1) is 13.3. The highest BCUT2D eigenvalue weighted by molar-refractivity contribution is 5.67. The van der Waals surface area contributed by atoms with Gasteiger partial charge in [0, 0.05) is 24.9 Å². The fourth-order valence-electron chi connectivity index (χ4n) is 1.04. The van der Waals surface area contributed by atoms with E-state index in [0.29, 0.717) is 6.42 Å². The van der Waals surface area contributed by atoms with Gasteiger partial charge in [0.2, 0.25) is 0 Å². The molecule has 0 spiro atoms. The molecule has 0 saturated heterocycles. The maximum Gasteiger partial charge on any atom is 0.422 e. The lowest BCUT2D eigenvalue weighted by Crippen LogP contribution is -2.30. The van der Waals surface area contributed by atoms with Crippen molar-refractivity contribution in [2.45, 2.75) is 12.6 Å². The van der Waals surface area contributed by atoms with Gasteiger partial charge in [-0.1, -0.05) is 6.07 Å². The molecule has 17 heavy (non-hydrogen) atoms.